The van der Waals surface area contributed by atoms with Crippen LogP contribution in [0.3, 0.4) is 0 Å². The number of thiophene rings is 1. The summed E-state index contributed by atoms with van der Waals surface area (Å²) < 4.78 is 56.0. The maximum atomic E-state index is 10.1. The molecular formula is C19H25NOS. The molecule has 3 rings (SSSR count). The average Bonchev–Trinajstić information content (AvgIpc) is 3.14. The molecule has 22 heavy (non-hydrogen) atoms. The Kier molecular flexibility index (Phi) is 3.02. The van der Waals surface area contributed by atoms with Crippen molar-refractivity contribution in [2.75, 3.05) is 13.0 Å². The van der Waals surface area contributed by atoms with E-state index in [4.69, 9.17) is 9.60 Å². The number of hydrogen-bond donors (Lipinski definition) is 1. The highest BCUT2D eigenvalue weighted by molar-refractivity contribution is 7.09. The molecule has 3 heteroatoms. The molecule has 0 radical (unpaired) electrons. The van der Waals surface area contributed by atoms with Crippen LogP contribution in [0.1, 0.15) is 45.2 Å². The molecule has 0 saturated heterocycles. The predicted octanol–water partition coefficient (Wildman–Crippen LogP) is 4.27. The van der Waals surface area contributed by atoms with E-state index in [9.17, 15) is 5.11 Å². The third-order valence-electron chi connectivity index (χ3n) is 4.25. The molecule has 0 spiro atoms. The molecule has 0 saturated carbocycles. The molecule has 0 aliphatic heterocycles. The summed E-state index contributed by atoms with van der Waals surface area (Å²) >= 11 is 1.54. The zero-order chi connectivity index (χ0) is 21.4. The summed E-state index contributed by atoms with van der Waals surface area (Å²) in [5.74, 6) is 0.215. The molecule has 1 atom stereocenters. The van der Waals surface area contributed by atoms with Gasteiger partial charge in [-0.3, -0.25) is 4.90 Å². The van der Waals surface area contributed by atoms with E-state index in [0.29, 0.717) is 25.7 Å². The van der Waals surface area contributed by atoms with Gasteiger partial charge in [-0.05, 0) is 67.2 Å². The van der Waals surface area contributed by atoms with Crippen molar-refractivity contribution in [2.45, 2.75) is 44.9 Å². The first-order valence-corrected chi connectivity index (χ1v) is 8.42. The van der Waals surface area contributed by atoms with Crippen molar-refractivity contribution in [2.24, 2.45) is 0 Å². The third kappa shape index (κ3) is 3.53. The van der Waals surface area contributed by atoms with Crippen molar-refractivity contribution in [1.29, 1.82) is 0 Å². The average molecular weight is 323 g/mol. The second-order valence-corrected chi connectivity index (χ2v) is 6.60. The van der Waals surface area contributed by atoms with E-state index in [2.05, 4.69) is 0 Å². The Hall–Kier alpha value is -1.32. The van der Waals surface area contributed by atoms with Crippen LogP contribution in [0.4, 0.5) is 0 Å². The number of fused-ring (bicyclic) bond motifs is 1. The highest BCUT2D eigenvalue weighted by Gasteiger charge is 2.25. The van der Waals surface area contributed by atoms with E-state index in [-0.39, 0.29) is 18.3 Å². The molecule has 1 aromatic carbocycles. The molecule has 0 unspecified atom stereocenters. The molecule has 1 aliphatic rings. The van der Waals surface area contributed by atoms with Crippen molar-refractivity contribution in [3.63, 3.8) is 0 Å². The van der Waals surface area contributed by atoms with Crippen LogP contribution < -0.4 is 0 Å². The first-order chi connectivity index (χ1) is 13.4. The lowest BCUT2D eigenvalue weighted by atomic mass is 9.86. The van der Waals surface area contributed by atoms with E-state index in [1.807, 2.05) is 23.6 Å². The molecule has 1 aliphatic carbocycles. The Bertz CT molecular complexity index is 836. The van der Waals surface area contributed by atoms with Crippen LogP contribution in [-0.2, 0) is 19.3 Å². The van der Waals surface area contributed by atoms with Crippen molar-refractivity contribution >= 4 is 11.3 Å². The monoisotopic (exact) mass is 322 g/mol. The van der Waals surface area contributed by atoms with Crippen molar-refractivity contribution in [1.82, 2.24) is 4.90 Å². The molecule has 1 heterocycles. The van der Waals surface area contributed by atoms with Gasteiger partial charge >= 0.3 is 0 Å². The number of nitrogens with zero attached hydrogens (tertiary/aromatic N) is 1. The zero-order valence-corrected chi connectivity index (χ0v) is 13.2. The number of phenolic OH excluding ortho intramolecular Hbond substituents is 1. The second kappa shape index (κ2) is 7.30. The summed E-state index contributed by atoms with van der Waals surface area (Å²) in [5, 5.41) is 12.0. The molecule has 1 N–H and O–H groups in total. The molecular weight excluding hydrogens is 290 g/mol. The normalized spacial score (nSPS) is 24.2. The largest absolute Gasteiger partial charge is 0.508 e. The summed E-state index contributed by atoms with van der Waals surface area (Å²) in [6, 6.07) is 8.72. The Morgan fingerprint density at radius 2 is 2.36 bits per heavy atom. The van der Waals surface area contributed by atoms with Crippen LogP contribution in [0.15, 0.2) is 35.7 Å². The Balaban J connectivity index is 1.93. The number of benzene rings is 1. The topological polar surface area (TPSA) is 23.5 Å². The first kappa shape index (κ1) is 9.09. The highest BCUT2D eigenvalue weighted by atomic mass is 32.1. The van der Waals surface area contributed by atoms with E-state index in [1.54, 1.807) is 12.1 Å². The van der Waals surface area contributed by atoms with E-state index >= 15 is 0 Å². The standard InChI is InChI=1S/C19H25NOS/c1-2-11-20(12-10-17-6-4-13-22-17)16-8-9-18-15(14-16)5-3-7-19(18)21/h3-7,13,16,21H,2,8-12,14H2,1H3/t16-/m0/s1/i1D3,2D2,11D2. The van der Waals surface area contributed by atoms with E-state index < -0.39 is 19.7 Å². The van der Waals surface area contributed by atoms with Gasteiger partial charge in [0, 0.05) is 27.1 Å². The van der Waals surface area contributed by atoms with E-state index in [0.717, 1.165) is 16.0 Å². The van der Waals surface area contributed by atoms with Gasteiger partial charge in [0.2, 0.25) is 0 Å². The minimum absolute atomic E-state index is 0.210. The summed E-state index contributed by atoms with van der Waals surface area (Å²) in [4.78, 5) is 2.43. The van der Waals surface area contributed by atoms with Crippen molar-refractivity contribution in [3.05, 3.63) is 51.7 Å². The number of rotatable bonds is 6. The summed E-state index contributed by atoms with van der Waals surface area (Å²) in [5.41, 5.74) is 1.73. The molecule has 0 fully saturated rings. The van der Waals surface area contributed by atoms with Crippen molar-refractivity contribution < 1.29 is 14.7 Å². The number of aromatic hydroxyl groups is 1. The molecule has 0 amide bonds. The van der Waals surface area contributed by atoms with E-state index in [1.165, 1.54) is 16.2 Å². The fourth-order valence-corrected chi connectivity index (χ4v) is 3.82. The summed E-state index contributed by atoms with van der Waals surface area (Å²) in [6.45, 7) is -5.57. The van der Waals surface area contributed by atoms with Gasteiger partial charge in [-0.25, -0.2) is 0 Å². The van der Waals surface area contributed by atoms with Gasteiger partial charge in [-0.15, -0.1) is 11.3 Å². The summed E-state index contributed by atoms with van der Waals surface area (Å²) in [6.07, 6.45) is -1.03. The fraction of sp³-hybridized carbons (Fsp3) is 0.474. The quantitative estimate of drug-likeness (QED) is 0.858. The molecule has 1 aromatic heterocycles. The van der Waals surface area contributed by atoms with Crippen molar-refractivity contribution in [3.8, 4) is 5.75 Å². The molecule has 2 nitrogen and oxygen atoms in total. The SMILES string of the molecule is [2H]C([2H])([2H])C([2H])([2H])C([2H])([2H])N(CCc1cccs1)[C@H]1CCc2c(O)cccc2C1. The first-order valence-electron chi connectivity index (χ1n) is 11.0. The van der Waals surface area contributed by atoms with Crippen LogP contribution in [0.5, 0.6) is 5.75 Å². The molecule has 118 valence electrons. The van der Waals surface area contributed by atoms with Gasteiger partial charge in [-0.2, -0.15) is 0 Å². The van der Waals surface area contributed by atoms with Gasteiger partial charge in [-0.1, -0.05) is 25.1 Å². The van der Waals surface area contributed by atoms with Crippen LogP contribution in [0.2, 0.25) is 0 Å². The highest BCUT2D eigenvalue weighted by Crippen LogP contribution is 2.30. The molecule has 0 bridgehead atoms. The zero-order valence-electron chi connectivity index (χ0n) is 19.4. The maximum absolute atomic E-state index is 10.1. The van der Waals surface area contributed by atoms with Crippen LogP contribution in [0, 0.1) is 0 Å². The minimum Gasteiger partial charge on any atom is -0.508 e. The third-order valence-corrected chi connectivity index (χ3v) is 5.19. The maximum Gasteiger partial charge on any atom is 0.119 e. The number of phenols is 1. The lowest BCUT2D eigenvalue weighted by molar-refractivity contribution is 0.181. The van der Waals surface area contributed by atoms with Gasteiger partial charge in [0.1, 0.15) is 5.75 Å². The second-order valence-electron chi connectivity index (χ2n) is 5.57. The predicted molar refractivity (Wildman–Crippen MR) is 93.8 cm³/mol. The minimum atomic E-state index is -3.09. The smallest absolute Gasteiger partial charge is 0.119 e. The van der Waals surface area contributed by atoms with Crippen LogP contribution >= 0.6 is 11.3 Å². The molecule has 2 aromatic rings. The lowest BCUT2D eigenvalue weighted by Gasteiger charge is -2.35. The van der Waals surface area contributed by atoms with Gasteiger partial charge in [0.15, 0.2) is 0 Å². The van der Waals surface area contributed by atoms with Crippen LogP contribution in [0.25, 0.3) is 0 Å². The Morgan fingerprint density at radius 3 is 3.18 bits per heavy atom. The van der Waals surface area contributed by atoms with Gasteiger partial charge in [0.25, 0.3) is 0 Å². The Morgan fingerprint density at radius 1 is 1.41 bits per heavy atom. The number of hydrogen-bond acceptors (Lipinski definition) is 3. The van der Waals surface area contributed by atoms with Gasteiger partial charge in [0.05, 0.1) is 0 Å². The van der Waals surface area contributed by atoms with Crippen LogP contribution in [-0.4, -0.2) is 29.1 Å². The lowest BCUT2D eigenvalue weighted by Crippen LogP contribution is -2.41. The van der Waals surface area contributed by atoms with Gasteiger partial charge < -0.3 is 5.11 Å². The summed E-state index contributed by atoms with van der Waals surface area (Å²) in [7, 11) is 0. The fourth-order valence-electron chi connectivity index (χ4n) is 3.12. The Labute approximate surface area is 147 Å².